The van der Waals surface area contributed by atoms with E-state index in [4.69, 9.17) is 15.2 Å². The van der Waals surface area contributed by atoms with Crippen LogP contribution in [0, 0.1) is 11.7 Å². The van der Waals surface area contributed by atoms with Crippen LogP contribution in [0.1, 0.15) is 50.5 Å². The molecule has 7 nitrogen and oxygen atoms in total. The van der Waals surface area contributed by atoms with Crippen molar-refractivity contribution in [2.24, 2.45) is 11.7 Å². The molecule has 0 radical (unpaired) electrons. The zero-order valence-corrected chi connectivity index (χ0v) is 17.6. The van der Waals surface area contributed by atoms with Gasteiger partial charge in [-0.3, -0.25) is 4.98 Å². The van der Waals surface area contributed by atoms with Crippen LogP contribution in [0.2, 0.25) is 0 Å². The minimum absolute atomic E-state index is 0.0659. The predicted octanol–water partition coefficient (Wildman–Crippen LogP) is 2.25. The van der Waals surface area contributed by atoms with Crippen LogP contribution in [0.5, 0.6) is 5.88 Å². The molecule has 2 saturated heterocycles. The van der Waals surface area contributed by atoms with Crippen LogP contribution in [0.25, 0.3) is 11.0 Å². The van der Waals surface area contributed by atoms with E-state index in [1.54, 1.807) is 12.1 Å². The molecule has 2 bridgehead atoms. The number of nitrogens with zero attached hydrogens (tertiary/aromatic N) is 2. The molecule has 2 aromatic heterocycles. The summed E-state index contributed by atoms with van der Waals surface area (Å²) in [6.45, 7) is 0.926. The Balaban J connectivity index is 1.32. The number of aliphatic hydroxyl groups excluding tert-OH is 2. The third-order valence-corrected chi connectivity index (χ3v) is 7.45. The second-order valence-electron chi connectivity index (χ2n) is 9.72. The van der Waals surface area contributed by atoms with Gasteiger partial charge in [0.2, 0.25) is 5.88 Å². The zero-order valence-electron chi connectivity index (χ0n) is 17.6. The highest BCUT2D eigenvalue weighted by Crippen LogP contribution is 2.45. The maximum absolute atomic E-state index is 14.8. The average molecular weight is 432 g/mol. The van der Waals surface area contributed by atoms with E-state index in [0.29, 0.717) is 55.0 Å². The van der Waals surface area contributed by atoms with E-state index < -0.39 is 12.2 Å². The number of aromatic nitrogens is 2. The molecule has 4 N–H and O–H groups in total. The Bertz CT molecular complexity index is 937. The number of aliphatic hydroxyl groups is 2. The van der Waals surface area contributed by atoms with Crippen LogP contribution in [-0.2, 0) is 11.2 Å². The monoisotopic (exact) mass is 431 g/mol. The van der Waals surface area contributed by atoms with Crippen LogP contribution in [0.15, 0.2) is 18.3 Å². The predicted molar refractivity (Wildman–Crippen MR) is 112 cm³/mol. The van der Waals surface area contributed by atoms with Gasteiger partial charge in [0.05, 0.1) is 48.3 Å². The van der Waals surface area contributed by atoms with Crippen LogP contribution >= 0.6 is 0 Å². The summed E-state index contributed by atoms with van der Waals surface area (Å²) in [4.78, 5) is 8.74. The Morgan fingerprint density at radius 2 is 1.90 bits per heavy atom. The first-order valence-corrected chi connectivity index (χ1v) is 11.2. The second kappa shape index (κ2) is 7.92. The maximum Gasteiger partial charge on any atom is 0.213 e. The van der Waals surface area contributed by atoms with Crippen molar-refractivity contribution in [3.8, 4) is 5.88 Å². The minimum atomic E-state index is -0.700. The quantitative estimate of drug-likeness (QED) is 0.643. The number of ether oxygens (including phenoxy) is 2. The highest BCUT2D eigenvalue weighted by Gasteiger charge is 2.47. The molecule has 2 saturated carbocycles. The lowest BCUT2D eigenvalue weighted by Crippen LogP contribution is -2.59. The Morgan fingerprint density at radius 1 is 1.16 bits per heavy atom. The van der Waals surface area contributed by atoms with Crippen molar-refractivity contribution in [2.45, 2.75) is 74.7 Å². The molecular weight excluding hydrogens is 401 g/mol. The van der Waals surface area contributed by atoms with Crippen molar-refractivity contribution < 1.29 is 24.1 Å². The van der Waals surface area contributed by atoms with Gasteiger partial charge in [0, 0.05) is 17.2 Å². The Hall–Kier alpha value is -1.87. The number of pyridine rings is 2. The molecule has 4 aliphatic rings. The molecule has 2 aliphatic carbocycles. The lowest BCUT2D eigenvalue weighted by atomic mass is 9.70. The lowest BCUT2D eigenvalue weighted by molar-refractivity contribution is -0.156. The Morgan fingerprint density at radius 3 is 2.58 bits per heavy atom. The number of fused-ring (bicyclic) bond motifs is 4. The van der Waals surface area contributed by atoms with Crippen LogP contribution in [0.4, 0.5) is 4.39 Å². The summed E-state index contributed by atoms with van der Waals surface area (Å²) in [6, 6.07) is 3.52. The van der Waals surface area contributed by atoms with Gasteiger partial charge in [-0.25, -0.2) is 9.37 Å². The summed E-state index contributed by atoms with van der Waals surface area (Å²) >= 11 is 0. The molecule has 2 aliphatic heterocycles. The largest absolute Gasteiger partial charge is 0.477 e. The molecule has 4 heterocycles. The van der Waals surface area contributed by atoms with Gasteiger partial charge >= 0.3 is 0 Å². The third-order valence-electron chi connectivity index (χ3n) is 7.45. The molecule has 168 valence electrons. The maximum atomic E-state index is 14.8. The molecule has 0 aromatic carbocycles. The lowest BCUT2D eigenvalue weighted by Gasteiger charge is -2.51. The number of hydrogen-bond donors (Lipinski definition) is 3. The van der Waals surface area contributed by atoms with E-state index in [0.717, 1.165) is 32.1 Å². The van der Waals surface area contributed by atoms with Gasteiger partial charge in [-0.2, -0.15) is 0 Å². The van der Waals surface area contributed by atoms with Gasteiger partial charge in [0.25, 0.3) is 0 Å². The summed E-state index contributed by atoms with van der Waals surface area (Å²) in [5.74, 6) is 0.0983. The first-order chi connectivity index (χ1) is 14.8. The van der Waals surface area contributed by atoms with Crippen molar-refractivity contribution >= 4 is 11.0 Å². The van der Waals surface area contributed by atoms with E-state index in [-0.39, 0.29) is 22.9 Å². The summed E-state index contributed by atoms with van der Waals surface area (Å²) in [7, 11) is 0. The average Bonchev–Trinajstić information content (AvgIpc) is 3.10. The molecular formula is C23H30FN3O4. The SMILES string of the molecule is NC12CCC(CCc3c(F)cnc4ccc(OCC5CC(O)C(O)C5)nc34)(CC1)OC2. The highest BCUT2D eigenvalue weighted by molar-refractivity contribution is 5.78. The fourth-order valence-electron chi connectivity index (χ4n) is 5.29. The number of rotatable bonds is 6. The number of halogens is 1. The molecule has 0 amide bonds. The summed E-state index contributed by atoms with van der Waals surface area (Å²) in [5.41, 5.74) is 7.59. The minimum Gasteiger partial charge on any atom is -0.477 e. The Kier molecular flexibility index (Phi) is 5.37. The van der Waals surface area contributed by atoms with Crippen molar-refractivity contribution in [1.82, 2.24) is 9.97 Å². The van der Waals surface area contributed by atoms with E-state index in [2.05, 4.69) is 9.97 Å². The number of nitrogens with two attached hydrogens (primary N) is 1. The Labute approximate surface area is 180 Å². The van der Waals surface area contributed by atoms with E-state index in [9.17, 15) is 14.6 Å². The molecule has 8 heteroatoms. The van der Waals surface area contributed by atoms with Crippen molar-refractivity contribution in [3.05, 3.63) is 29.7 Å². The van der Waals surface area contributed by atoms with Crippen molar-refractivity contribution in [2.75, 3.05) is 13.2 Å². The van der Waals surface area contributed by atoms with Gasteiger partial charge in [-0.1, -0.05) is 0 Å². The fourth-order valence-corrected chi connectivity index (χ4v) is 5.29. The number of aryl methyl sites for hydroxylation is 1. The normalized spacial score (nSPS) is 35.0. The smallest absolute Gasteiger partial charge is 0.213 e. The summed E-state index contributed by atoms with van der Waals surface area (Å²) in [5, 5.41) is 19.4. The van der Waals surface area contributed by atoms with Crippen LogP contribution < -0.4 is 10.5 Å². The van der Waals surface area contributed by atoms with Crippen LogP contribution in [0.3, 0.4) is 0 Å². The topological polar surface area (TPSA) is 111 Å². The van der Waals surface area contributed by atoms with Crippen molar-refractivity contribution in [3.63, 3.8) is 0 Å². The molecule has 0 spiro atoms. The summed E-state index contributed by atoms with van der Waals surface area (Å²) in [6.07, 6.45) is 5.83. The molecule has 2 unspecified atom stereocenters. The first-order valence-electron chi connectivity index (χ1n) is 11.2. The third kappa shape index (κ3) is 4.14. The first kappa shape index (κ1) is 21.0. The van der Waals surface area contributed by atoms with Gasteiger partial charge in [0.1, 0.15) is 5.82 Å². The molecule has 31 heavy (non-hydrogen) atoms. The molecule has 2 atom stereocenters. The zero-order chi connectivity index (χ0) is 21.6. The van der Waals surface area contributed by atoms with Crippen LogP contribution in [-0.4, -0.2) is 56.7 Å². The molecule has 2 aromatic rings. The molecule has 4 fully saturated rings. The standard InChI is InChI=1S/C23H30FN3O4/c24-16-11-26-17-1-2-20(30-12-14-9-18(28)19(29)10-14)27-21(17)15(16)3-4-23-7-5-22(25,6-8-23)13-31-23/h1-2,11,14,18-19,28-29H,3-10,12-13,25H2. The highest BCUT2D eigenvalue weighted by atomic mass is 19.1. The number of hydrogen-bond acceptors (Lipinski definition) is 7. The summed E-state index contributed by atoms with van der Waals surface area (Å²) < 4.78 is 26.7. The van der Waals surface area contributed by atoms with Crippen molar-refractivity contribution in [1.29, 1.82) is 0 Å². The van der Waals surface area contributed by atoms with Gasteiger partial charge < -0.3 is 25.4 Å². The molecule has 6 rings (SSSR count). The van der Waals surface area contributed by atoms with E-state index >= 15 is 0 Å². The van der Waals surface area contributed by atoms with E-state index in [1.807, 2.05) is 0 Å². The van der Waals surface area contributed by atoms with Gasteiger partial charge in [-0.05, 0) is 63.4 Å². The second-order valence-corrected chi connectivity index (χ2v) is 9.72. The fraction of sp³-hybridized carbons (Fsp3) is 0.652. The van der Waals surface area contributed by atoms with Gasteiger partial charge in [-0.15, -0.1) is 0 Å². The van der Waals surface area contributed by atoms with Gasteiger partial charge in [0.15, 0.2) is 0 Å². The van der Waals surface area contributed by atoms with E-state index in [1.165, 1.54) is 6.20 Å².